The van der Waals surface area contributed by atoms with Crippen LogP contribution in [-0.2, 0) is 6.18 Å². The predicted octanol–water partition coefficient (Wildman–Crippen LogP) is 4.90. The van der Waals surface area contributed by atoms with Crippen LogP contribution in [0.5, 0.6) is 0 Å². The second-order valence-electron chi connectivity index (χ2n) is 6.78. The highest BCUT2D eigenvalue weighted by atomic mass is 19.4. The summed E-state index contributed by atoms with van der Waals surface area (Å²) >= 11 is 0. The van der Waals surface area contributed by atoms with E-state index in [-0.39, 0.29) is 16.9 Å². The first kappa shape index (κ1) is 21.7. The molecule has 0 aliphatic carbocycles. The fourth-order valence-corrected chi connectivity index (χ4v) is 3.13. The molecule has 2 aromatic carbocycles. The van der Waals surface area contributed by atoms with Gasteiger partial charge in [-0.25, -0.2) is 23.5 Å². The van der Waals surface area contributed by atoms with E-state index in [0.717, 1.165) is 6.07 Å². The van der Waals surface area contributed by atoms with Gasteiger partial charge in [0.05, 0.1) is 17.5 Å². The molecule has 2 aromatic heterocycles. The van der Waals surface area contributed by atoms with Gasteiger partial charge in [0, 0.05) is 23.1 Å². The molecule has 0 aliphatic rings. The zero-order chi connectivity index (χ0) is 23.8. The number of carbonyl (C=O) groups excluding carboxylic acids is 1. The fourth-order valence-electron chi connectivity index (χ4n) is 3.13. The number of aromatic carboxylic acids is 1. The highest BCUT2D eigenvalue weighted by Crippen LogP contribution is 2.33. The Kier molecular flexibility index (Phi) is 5.42. The van der Waals surface area contributed by atoms with Crippen molar-refractivity contribution in [2.45, 2.75) is 6.18 Å². The van der Waals surface area contributed by atoms with Crippen molar-refractivity contribution >= 4 is 29.0 Å². The zero-order valence-corrected chi connectivity index (χ0v) is 16.4. The van der Waals surface area contributed by atoms with E-state index in [1.807, 2.05) is 0 Å². The number of carboxylic acids is 1. The van der Waals surface area contributed by atoms with Crippen LogP contribution in [0.4, 0.5) is 33.7 Å². The number of carboxylic acid groups (broad SMARTS) is 1. The van der Waals surface area contributed by atoms with Crippen LogP contribution in [0.1, 0.15) is 15.9 Å². The van der Waals surface area contributed by atoms with Gasteiger partial charge in [-0.2, -0.15) is 18.3 Å². The van der Waals surface area contributed by atoms with Crippen LogP contribution in [-0.4, -0.2) is 31.7 Å². The average molecular weight is 459 g/mol. The van der Waals surface area contributed by atoms with Crippen molar-refractivity contribution in [3.63, 3.8) is 0 Å². The van der Waals surface area contributed by atoms with E-state index < -0.39 is 29.6 Å². The molecule has 4 rings (SSSR count). The number of anilines is 2. The molecule has 0 bridgehead atoms. The number of aromatic nitrogens is 3. The van der Waals surface area contributed by atoms with Gasteiger partial charge < -0.3 is 15.7 Å². The van der Waals surface area contributed by atoms with E-state index in [0.29, 0.717) is 29.1 Å². The monoisotopic (exact) mass is 459 g/mol. The van der Waals surface area contributed by atoms with Gasteiger partial charge in [0.2, 0.25) is 0 Å². The molecule has 2 heterocycles. The Balaban J connectivity index is 1.57. The van der Waals surface area contributed by atoms with Gasteiger partial charge in [-0.05, 0) is 36.4 Å². The number of amides is 2. The van der Waals surface area contributed by atoms with Crippen molar-refractivity contribution in [2.75, 3.05) is 10.6 Å². The molecule has 168 valence electrons. The summed E-state index contributed by atoms with van der Waals surface area (Å²) in [6, 6.07) is 9.27. The summed E-state index contributed by atoms with van der Waals surface area (Å²) in [5.74, 6) is -2.63. The van der Waals surface area contributed by atoms with Crippen LogP contribution in [0.3, 0.4) is 0 Å². The highest BCUT2D eigenvalue weighted by molar-refractivity contribution is 6.00. The van der Waals surface area contributed by atoms with Gasteiger partial charge in [-0.15, -0.1) is 0 Å². The third kappa shape index (κ3) is 4.44. The maximum Gasteiger partial charge on any atom is 0.419 e. The number of nitrogens with zero attached hydrogens (tertiary/aromatic N) is 3. The molecule has 0 radical (unpaired) electrons. The summed E-state index contributed by atoms with van der Waals surface area (Å²) in [6.07, 6.45) is -2.32. The minimum absolute atomic E-state index is 0.0805. The van der Waals surface area contributed by atoms with E-state index in [4.69, 9.17) is 0 Å². The first-order valence-electron chi connectivity index (χ1n) is 9.25. The third-order valence-corrected chi connectivity index (χ3v) is 4.58. The number of halogens is 4. The SMILES string of the molecule is O=C(Nc1cccc(-c2ccnc3c(C(=O)O)cnn23)c1)Nc1ccc(F)c(C(F)(F)F)c1. The largest absolute Gasteiger partial charge is 0.477 e. The summed E-state index contributed by atoms with van der Waals surface area (Å²) in [5, 5.41) is 18.0. The van der Waals surface area contributed by atoms with Gasteiger partial charge in [0.15, 0.2) is 5.65 Å². The molecule has 0 fully saturated rings. The van der Waals surface area contributed by atoms with Crippen LogP contribution in [0.15, 0.2) is 60.9 Å². The van der Waals surface area contributed by atoms with E-state index in [1.165, 1.54) is 16.9 Å². The lowest BCUT2D eigenvalue weighted by molar-refractivity contribution is -0.139. The van der Waals surface area contributed by atoms with Crippen LogP contribution in [0.2, 0.25) is 0 Å². The summed E-state index contributed by atoms with van der Waals surface area (Å²) in [4.78, 5) is 27.6. The van der Waals surface area contributed by atoms with E-state index in [9.17, 15) is 32.3 Å². The van der Waals surface area contributed by atoms with Gasteiger partial charge in [-0.1, -0.05) is 12.1 Å². The smallest absolute Gasteiger partial charge is 0.419 e. The molecule has 12 heteroatoms. The molecule has 0 atom stereocenters. The molecular formula is C21H13F4N5O3. The average Bonchev–Trinajstić information content (AvgIpc) is 3.19. The Morgan fingerprint density at radius 2 is 1.73 bits per heavy atom. The second-order valence-corrected chi connectivity index (χ2v) is 6.78. The molecule has 0 saturated carbocycles. The van der Waals surface area contributed by atoms with Crippen LogP contribution in [0.25, 0.3) is 16.9 Å². The van der Waals surface area contributed by atoms with Gasteiger partial charge in [0.25, 0.3) is 0 Å². The molecule has 2 amide bonds. The maximum atomic E-state index is 13.4. The Labute approximate surface area is 182 Å². The molecule has 33 heavy (non-hydrogen) atoms. The molecule has 0 spiro atoms. The number of fused-ring (bicyclic) bond motifs is 1. The molecule has 0 unspecified atom stereocenters. The number of hydrogen-bond donors (Lipinski definition) is 3. The minimum atomic E-state index is -4.91. The van der Waals surface area contributed by atoms with Crippen LogP contribution >= 0.6 is 0 Å². The lowest BCUT2D eigenvalue weighted by Crippen LogP contribution is -2.20. The van der Waals surface area contributed by atoms with Crippen molar-refractivity contribution in [3.8, 4) is 11.3 Å². The highest BCUT2D eigenvalue weighted by Gasteiger charge is 2.34. The predicted molar refractivity (Wildman–Crippen MR) is 109 cm³/mol. The standard InChI is InChI=1S/C21H13F4N5O3/c22-16-5-4-13(9-15(16)21(23,24)25)29-20(33)28-12-3-1-2-11(8-12)17-6-7-26-18-14(19(31)32)10-27-30(17)18/h1-10H,(H,31,32)(H2,28,29,33). The van der Waals surface area contributed by atoms with Crippen molar-refractivity contribution in [3.05, 3.63) is 77.9 Å². The molecular weight excluding hydrogens is 446 g/mol. The zero-order valence-electron chi connectivity index (χ0n) is 16.4. The van der Waals surface area contributed by atoms with Gasteiger partial charge in [-0.3, -0.25) is 0 Å². The number of urea groups is 1. The van der Waals surface area contributed by atoms with Crippen LogP contribution in [0, 0.1) is 5.82 Å². The van der Waals surface area contributed by atoms with Crippen molar-refractivity contribution in [2.24, 2.45) is 0 Å². The molecule has 0 saturated heterocycles. The summed E-state index contributed by atoms with van der Waals surface area (Å²) < 4.78 is 53.3. The summed E-state index contributed by atoms with van der Waals surface area (Å²) in [7, 11) is 0. The van der Waals surface area contributed by atoms with Gasteiger partial charge >= 0.3 is 18.2 Å². The van der Waals surface area contributed by atoms with Crippen molar-refractivity contribution in [1.29, 1.82) is 0 Å². The van der Waals surface area contributed by atoms with E-state index in [1.54, 1.807) is 30.3 Å². The molecule has 8 nitrogen and oxygen atoms in total. The quantitative estimate of drug-likeness (QED) is 0.377. The normalized spacial score (nSPS) is 11.4. The number of rotatable bonds is 4. The van der Waals surface area contributed by atoms with Crippen LogP contribution < -0.4 is 10.6 Å². The minimum Gasteiger partial charge on any atom is -0.477 e. The molecule has 3 N–H and O–H groups in total. The second kappa shape index (κ2) is 8.22. The summed E-state index contributed by atoms with van der Waals surface area (Å²) in [5.41, 5.74) is -0.351. The first-order valence-corrected chi connectivity index (χ1v) is 9.25. The van der Waals surface area contributed by atoms with E-state index >= 15 is 0 Å². The Morgan fingerprint density at radius 1 is 1.00 bits per heavy atom. The first-order chi connectivity index (χ1) is 15.6. The number of hydrogen-bond acceptors (Lipinski definition) is 4. The van der Waals surface area contributed by atoms with Gasteiger partial charge in [0.1, 0.15) is 11.4 Å². The number of carbonyl (C=O) groups is 2. The third-order valence-electron chi connectivity index (χ3n) is 4.58. The molecule has 0 aliphatic heterocycles. The topological polar surface area (TPSA) is 109 Å². The lowest BCUT2D eigenvalue weighted by Gasteiger charge is -2.12. The number of alkyl halides is 3. The number of nitrogens with one attached hydrogen (secondary N) is 2. The maximum absolute atomic E-state index is 13.4. The van der Waals surface area contributed by atoms with Crippen molar-refractivity contribution < 1.29 is 32.3 Å². The Bertz CT molecular complexity index is 1380. The fraction of sp³-hybridized carbons (Fsp3) is 0.0476. The summed E-state index contributed by atoms with van der Waals surface area (Å²) in [6.45, 7) is 0. The van der Waals surface area contributed by atoms with E-state index in [2.05, 4.69) is 20.7 Å². The molecule has 4 aromatic rings. The number of benzene rings is 2. The Morgan fingerprint density at radius 3 is 2.42 bits per heavy atom. The van der Waals surface area contributed by atoms with Crippen molar-refractivity contribution in [1.82, 2.24) is 14.6 Å². The lowest BCUT2D eigenvalue weighted by atomic mass is 10.1. The Hall–Kier alpha value is -4.48.